The van der Waals surface area contributed by atoms with Gasteiger partial charge in [0.1, 0.15) is 0 Å². The lowest BCUT2D eigenvalue weighted by Crippen LogP contribution is -2.37. The molecule has 1 atom stereocenters. The number of aliphatic hydroxyl groups is 1. The molecule has 0 saturated carbocycles. The van der Waals surface area contributed by atoms with Crippen LogP contribution in [0.4, 0.5) is 0 Å². The number of thiocarbonyl (C=S) groups is 1. The zero-order valence-corrected chi connectivity index (χ0v) is 9.63. The molecule has 1 saturated heterocycles. The summed E-state index contributed by atoms with van der Waals surface area (Å²) in [6, 6.07) is 0.277. The summed E-state index contributed by atoms with van der Waals surface area (Å²) in [5, 5.41) is 8.75. The van der Waals surface area contributed by atoms with Gasteiger partial charge in [-0.25, -0.2) is 0 Å². The van der Waals surface area contributed by atoms with Gasteiger partial charge in [-0.3, -0.25) is 4.79 Å². The summed E-state index contributed by atoms with van der Waals surface area (Å²) in [5.74, 6) is 0.0305. The standard InChI is InChI=1S/C10H18N2O2S/c11-9(15)7-10(14)12-5-1-3-8(12)4-2-6-13/h8,13H,1-7H2,(H2,11,15). The predicted octanol–water partition coefficient (Wildman–Crippen LogP) is 0.426. The van der Waals surface area contributed by atoms with Gasteiger partial charge in [0.05, 0.1) is 11.4 Å². The number of hydrogen-bond donors (Lipinski definition) is 2. The van der Waals surface area contributed by atoms with Crippen molar-refractivity contribution in [1.29, 1.82) is 0 Å². The molecule has 1 amide bonds. The Morgan fingerprint density at radius 1 is 1.60 bits per heavy atom. The van der Waals surface area contributed by atoms with Crippen LogP contribution in [-0.2, 0) is 4.79 Å². The van der Waals surface area contributed by atoms with Crippen LogP contribution < -0.4 is 5.73 Å². The van der Waals surface area contributed by atoms with Crippen LogP contribution in [0.5, 0.6) is 0 Å². The number of nitrogens with zero attached hydrogens (tertiary/aromatic N) is 1. The fraction of sp³-hybridized carbons (Fsp3) is 0.800. The van der Waals surface area contributed by atoms with E-state index in [1.54, 1.807) is 0 Å². The first-order chi connectivity index (χ1) is 7.15. The number of likely N-dealkylation sites (tertiary alicyclic amines) is 1. The van der Waals surface area contributed by atoms with Gasteiger partial charge in [0.15, 0.2) is 0 Å². The van der Waals surface area contributed by atoms with Gasteiger partial charge < -0.3 is 15.7 Å². The molecular formula is C10H18N2O2S. The Bertz CT molecular complexity index is 246. The summed E-state index contributed by atoms with van der Waals surface area (Å²) >= 11 is 4.72. The zero-order chi connectivity index (χ0) is 11.3. The van der Waals surface area contributed by atoms with Gasteiger partial charge in [-0.1, -0.05) is 12.2 Å². The number of carbonyl (C=O) groups is 1. The maximum atomic E-state index is 11.7. The van der Waals surface area contributed by atoms with Crippen LogP contribution in [0, 0.1) is 0 Å². The summed E-state index contributed by atoms with van der Waals surface area (Å²) in [6.45, 7) is 0.991. The molecular weight excluding hydrogens is 212 g/mol. The molecule has 1 rings (SSSR count). The van der Waals surface area contributed by atoms with Crippen LogP contribution in [0.3, 0.4) is 0 Å². The summed E-state index contributed by atoms with van der Waals surface area (Å²) in [7, 11) is 0. The lowest BCUT2D eigenvalue weighted by atomic mass is 10.1. The number of carbonyl (C=O) groups excluding carboxylic acids is 1. The molecule has 1 unspecified atom stereocenters. The third kappa shape index (κ3) is 3.76. The van der Waals surface area contributed by atoms with Gasteiger partial charge in [0, 0.05) is 19.2 Å². The van der Waals surface area contributed by atoms with E-state index in [2.05, 4.69) is 0 Å². The second-order valence-electron chi connectivity index (χ2n) is 3.89. The minimum Gasteiger partial charge on any atom is -0.396 e. The van der Waals surface area contributed by atoms with E-state index in [0.29, 0.717) is 0 Å². The van der Waals surface area contributed by atoms with Crippen molar-refractivity contribution < 1.29 is 9.90 Å². The van der Waals surface area contributed by atoms with Crippen molar-refractivity contribution >= 4 is 23.1 Å². The zero-order valence-electron chi connectivity index (χ0n) is 8.82. The highest BCUT2D eigenvalue weighted by molar-refractivity contribution is 7.80. The Balaban J connectivity index is 2.44. The van der Waals surface area contributed by atoms with Gasteiger partial charge >= 0.3 is 0 Å². The quantitative estimate of drug-likeness (QED) is 0.672. The number of rotatable bonds is 5. The largest absolute Gasteiger partial charge is 0.396 e. The molecule has 4 nitrogen and oxygen atoms in total. The first-order valence-electron chi connectivity index (χ1n) is 5.33. The summed E-state index contributed by atoms with van der Waals surface area (Å²) in [4.78, 5) is 13.8. The second kappa shape index (κ2) is 6.02. The molecule has 0 aromatic rings. The molecule has 1 fully saturated rings. The topological polar surface area (TPSA) is 66.6 Å². The lowest BCUT2D eigenvalue weighted by Gasteiger charge is -2.24. The summed E-state index contributed by atoms with van der Waals surface area (Å²) < 4.78 is 0. The van der Waals surface area contributed by atoms with E-state index >= 15 is 0 Å². The summed E-state index contributed by atoms with van der Waals surface area (Å²) in [6.07, 6.45) is 3.87. The molecule has 1 aliphatic rings. The van der Waals surface area contributed by atoms with Crippen molar-refractivity contribution in [3.63, 3.8) is 0 Å². The Labute approximate surface area is 95.4 Å². The molecule has 86 valence electrons. The Kier molecular flexibility index (Phi) is 4.98. The average Bonchev–Trinajstić information content (AvgIpc) is 2.61. The molecule has 0 aromatic heterocycles. The van der Waals surface area contributed by atoms with Crippen molar-refractivity contribution in [3.05, 3.63) is 0 Å². The normalized spacial score (nSPS) is 20.6. The highest BCUT2D eigenvalue weighted by Crippen LogP contribution is 2.21. The molecule has 1 aliphatic heterocycles. The van der Waals surface area contributed by atoms with Gasteiger partial charge in [-0.2, -0.15) is 0 Å². The Hall–Kier alpha value is -0.680. The maximum absolute atomic E-state index is 11.7. The lowest BCUT2D eigenvalue weighted by molar-refractivity contribution is -0.130. The maximum Gasteiger partial charge on any atom is 0.229 e. The Morgan fingerprint density at radius 2 is 2.33 bits per heavy atom. The van der Waals surface area contributed by atoms with Gasteiger partial charge in [0.25, 0.3) is 0 Å². The summed E-state index contributed by atoms with van der Waals surface area (Å²) in [5.41, 5.74) is 5.35. The number of aliphatic hydroxyl groups excluding tert-OH is 1. The van der Waals surface area contributed by atoms with Crippen molar-refractivity contribution in [2.45, 2.75) is 38.1 Å². The SMILES string of the molecule is NC(=S)CC(=O)N1CCCC1CCCO. The molecule has 15 heavy (non-hydrogen) atoms. The molecule has 0 spiro atoms. The first-order valence-corrected chi connectivity index (χ1v) is 5.74. The fourth-order valence-electron chi connectivity index (χ4n) is 2.04. The molecule has 1 heterocycles. The highest BCUT2D eigenvalue weighted by Gasteiger charge is 2.27. The van der Waals surface area contributed by atoms with Gasteiger partial charge in [0.2, 0.25) is 5.91 Å². The highest BCUT2D eigenvalue weighted by atomic mass is 32.1. The number of amides is 1. The van der Waals surface area contributed by atoms with E-state index in [9.17, 15) is 4.79 Å². The third-order valence-electron chi connectivity index (χ3n) is 2.72. The molecule has 0 aromatic carbocycles. The average molecular weight is 230 g/mol. The van der Waals surface area contributed by atoms with Crippen molar-refractivity contribution in [2.75, 3.05) is 13.2 Å². The van der Waals surface area contributed by atoms with Gasteiger partial charge in [-0.15, -0.1) is 0 Å². The van der Waals surface area contributed by atoms with E-state index in [4.69, 9.17) is 23.1 Å². The van der Waals surface area contributed by atoms with Crippen molar-refractivity contribution in [1.82, 2.24) is 4.90 Å². The molecule has 0 bridgehead atoms. The molecule has 0 aliphatic carbocycles. The Morgan fingerprint density at radius 3 is 2.93 bits per heavy atom. The van der Waals surface area contributed by atoms with Crippen molar-refractivity contribution in [3.8, 4) is 0 Å². The van der Waals surface area contributed by atoms with Crippen LogP contribution in [0.1, 0.15) is 32.1 Å². The number of hydrogen-bond acceptors (Lipinski definition) is 3. The van der Waals surface area contributed by atoms with Crippen molar-refractivity contribution in [2.24, 2.45) is 5.73 Å². The van der Waals surface area contributed by atoms with E-state index in [0.717, 1.165) is 32.2 Å². The third-order valence-corrected chi connectivity index (χ3v) is 2.86. The number of nitrogens with two attached hydrogens (primary N) is 1. The van der Waals surface area contributed by atoms with Gasteiger partial charge in [-0.05, 0) is 25.7 Å². The molecule has 5 heteroatoms. The van der Waals surface area contributed by atoms with Crippen LogP contribution >= 0.6 is 12.2 Å². The van der Waals surface area contributed by atoms with Crippen LogP contribution in [0.15, 0.2) is 0 Å². The van der Waals surface area contributed by atoms with E-state index in [1.807, 2.05) is 4.90 Å². The van der Waals surface area contributed by atoms with Crippen LogP contribution in [0.2, 0.25) is 0 Å². The van der Waals surface area contributed by atoms with E-state index < -0.39 is 0 Å². The predicted molar refractivity (Wildman–Crippen MR) is 62.5 cm³/mol. The van der Waals surface area contributed by atoms with Crippen LogP contribution in [0.25, 0.3) is 0 Å². The van der Waals surface area contributed by atoms with Crippen LogP contribution in [-0.4, -0.2) is 40.1 Å². The molecule has 0 radical (unpaired) electrons. The molecule has 3 N–H and O–H groups in total. The monoisotopic (exact) mass is 230 g/mol. The minimum atomic E-state index is 0.0305. The first kappa shape index (κ1) is 12.4. The smallest absolute Gasteiger partial charge is 0.229 e. The second-order valence-corrected chi connectivity index (χ2v) is 4.42. The minimum absolute atomic E-state index is 0.0305. The van der Waals surface area contributed by atoms with E-state index in [-0.39, 0.29) is 30.0 Å². The fourth-order valence-corrected chi connectivity index (χ4v) is 2.17. The van der Waals surface area contributed by atoms with E-state index in [1.165, 1.54) is 0 Å².